The summed E-state index contributed by atoms with van der Waals surface area (Å²) in [6.07, 6.45) is -5.18. The smallest absolute Gasteiger partial charge is 0.423 e. The summed E-state index contributed by atoms with van der Waals surface area (Å²) in [6.45, 7) is 5.52. The van der Waals surface area contributed by atoms with Gasteiger partial charge in [-0.05, 0) is 28.7 Å². The second kappa shape index (κ2) is 5.33. The number of rotatable bonds is 1. The zero-order valence-corrected chi connectivity index (χ0v) is 13.9. The summed E-state index contributed by atoms with van der Waals surface area (Å²) in [7, 11) is 0. The number of carbonyl (C=O) groups is 1. The molecule has 0 spiro atoms. The van der Waals surface area contributed by atoms with E-state index in [2.05, 4.69) is 0 Å². The highest BCUT2D eigenvalue weighted by atomic mass is 19.4. The van der Waals surface area contributed by atoms with E-state index in [-0.39, 0.29) is 5.75 Å². The first-order valence-corrected chi connectivity index (χ1v) is 7.72. The van der Waals surface area contributed by atoms with Crippen molar-refractivity contribution in [3.63, 3.8) is 0 Å². The van der Waals surface area contributed by atoms with Crippen molar-refractivity contribution in [1.82, 2.24) is 0 Å². The lowest BCUT2D eigenvalue weighted by atomic mass is 9.81. The van der Waals surface area contributed by atoms with Gasteiger partial charge in [-0.1, -0.05) is 51.1 Å². The van der Waals surface area contributed by atoms with Crippen molar-refractivity contribution in [2.75, 3.05) is 0 Å². The van der Waals surface area contributed by atoms with E-state index < -0.39 is 28.7 Å². The molecule has 0 aromatic heterocycles. The molecule has 1 heterocycles. The number of halogens is 3. The van der Waals surface area contributed by atoms with Crippen LogP contribution < -0.4 is 4.74 Å². The van der Waals surface area contributed by atoms with Gasteiger partial charge in [0.1, 0.15) is 5.75 Å². The van der Waals surface area contributed by atoms with Crippen LogP contribution in [-0.2, 0) is 15.8 Å². The Kier molecular flexibility index (Phi) is 3.73. The van der Waals surface area contributed by atoms with Gasteiger partial charge in [0.25, 0.3) is 5.60 Å². The molecule has 0 bridgehead atoms. The summed E-state index contributed by atoms with van der Waals surface area (Å²) >= 11 is 0. The van der Waals surface area contributed by atoms with E-state index >= 15 is 0 Å². The topological polar surface area (TPSA) is 46.5 Å². The van der Waals surface area contributed by atoms with E-state index in [4.69, 9.17) is 4.74 Å². The first-order chi connectivity index (χ1) is 11.5. The molecule has 1 N–H and O–H groups in total. The second-order valence-electron chi connectivity index (χ2n) is 7.11. The lowest BCUT2D eigenvalue weighted by Crippen LogP contribution is -2.47. The van der Waals surface area contributed by atoms with Gasteiger partial charge in [0, 0.05) is 11.1 Å². The van der Waals surface area contributed by atoms with E-state index in [1.807, 2.05) is 20.8 Å². The van der Waals surface area contributed by atoms with Gasteiger partial charge in [-0.15, -0.1) is 0 Å². The van der Waals surface area contributed by atoms with Crippen molar-refractivity contribution in [3.8, 4) is 16.9 Å². The maximum atomic E-state index is 13.5. The van der Waals surface area contributed by atoms with Gasteiger partial charge in [-0.2, -0.15) is 13.2 Å². The summed E-state index contributed by atoms with van der Waals surface area (Å²) in [5.41, 5.74) is -3.20. The molecular formula is C19H17F3O3. The van der Waals surface area contributed by atoms with Crippen LogP contribution in [0.15, 0.2) is 42.5 Å². The number of carbonyl (C=O) groups excluding carboxylic acids is 1. The first kappa shape index (κ1) is 17.5. The Balaban J connectivity index is 2.36. The van der Waals surface area contributed by atoms with E-state index in [1.165, 1.54) is 6.07 Å². The highest BCUT2D eigenvalue weighted by molar-refractivity contribution is 5.93. The van der Waals surface area contributed by atoms with Crippen molar-refractivity contribution in [2.45, 2.75) is 38.0 Å². The van der Waals surface area contributed by atoms with E-state index in [0.717, 1.165) is 0 Å². The molecular weight excluding hydrogens is 333 g/mol. The van der Waals surface area contributed by atoms with E-state index in [9.17, 15) is 23.1 Å². The Morgan fingerprint density at radius 1 is 1.04 bits per heavy atom. The normalized spacial score (nSPS) is 20.4. The van der Waals surface area contributed by atoms with Gasteiger partial charge >= 0.3 is 12.1 Å². The van der Waals surface area contributed by atoms with Crippen LogP contribution >= 0.6 is 0 Å². The van der Waals surface area contributed by atoms with Crippen LogP contribution in [0.25, 0.3) is 11.1 Å². The number of ether oxygens (including phenoxy) is 1. The molecule has 25 heavy (non-hydrogen) atoms. The number of esters is 1. The summed E-state index contributed by atoms with van der Waals surface area (Å²) < 4.78 is 45.4. The average molecular weight is 350 g/mol. The van der Waals surface area contributed by atoms with Gasteiger partial charge in [0.15, 0.2) is 0 Å². The first-order valence-electron chi connectivity index (χ1n) is 7.72. The molecule has 0 saturated heterocycles. The number of hydrogen-bond donors (Lipinski definition) is 1. The molecule has 0 aliphatic carbocycles. The van der Waals surface area contributed by atoms with Gasteiger partial charge < -0.3 is 9.84 Å². The summed E-state index contributed by atoms with van der Waals surface area (Å²) in [5.74, 6) is -1.97. The van der Waals surface area contributed by atoms with Crippen LogP contribution in [-0.4, -0.2) is 17.3 Å². The van der Waals surface area contributed by atoms with Gasteiger partial charge in [0.05, 0.1) is 0 Å². The monoisotopic (exact) mass is 350 g/mol. The molecule has 0 radical (unpaired) electrons. The molecule has 0 unspecified atom stereocenters. The van der Waals surface area contributed by atoms with Crippen LogP contribution in [0.5, 0.6) is 5.75 Å². The van der Waals surface area contributed by atoms with E-state index in [0.29, 0.717) is 16.7 Å². The Bertz CT molecular complexity index is 835. The number of fused-ring (bicyclic) bond motifs is 1. The molecule has 132 valence electrons. The third-order valence-corrected chi connectivity index (χ3v) is 4.33. The molecule has 3 nitrogen and oxygen atoms in total. The third kappa shape index (κ3) is 2.61. The molecule has 0 amide bonds. The minimum Gasteiger partial charge on any atom is -0.423 e. The van der Waals surface area contributed by atoms with Crippen molar-refractivity contribution >= 4 is 5.97 Å². The Hall–Kier alpha value is -2.34. The molecule has 1 atom stereocenters. The van der Waals surface area contributed by atoms with Crippen LogP contribution in [0.4, 0.5) is 13.2 Å². The predicted octanol–water partition coefficient (Wildman–Crippen LogP) is 4.32. The summed E-state index contributed by atoms with van der Waals surface area (Å²) in [6, 6.07) is 11.6. The fourth-order valence-corrected chi connectivity index (χ4v) is 2.82. The maximum absolute atomic E-state index is 13.5. The van der Waals surface area contributed by atoms with E-state index in [1.54, 1.807) is 36.4 Å². The highest BCUT2D eigenvalue weighted by Crippen LogP contribution is 2.52. The third-order valence-electron chi connectivity index (χ3n) is 4.33. The largest absolute Gasteiger partial charge is 0.432 e. The fourth-order valence-electron chi connectivity index (χ4n) is 2.82. The fraction of sp³-hybridized carbons (Fsp3) is 0.316. The van der Waals surface area contributed by atoms with Crippen molar-refractivity contribution in [2.24, 2.45) is 0 Å². The molecule has 2 aromatic carbocycles. The van der Waals surface area contributed by atoms with Crippen LogP contribution in [0.3, 0.4) is 0 Å². The molecule has 0 fully saturated rings. The minimum atomic E-state index is -5.18. The molecule has 2 aromatic rings. The lowest BCUT2D eigenvalue weighted by Gasteiger charge is -2.25. The summed E-state index contributed by atoms with van der Waals surface area (Å²) in [4.78, 5) is 12.0. The number of hydrogen-bond acceptors (Lipinski definition) is 3. The van der Waals surface area contributed by atoms with Crippen LogP contribution in [0, 0.1) is 0 Å². The number of aliphatic hydroxyl groups is 1. The second-order valence-corrected chi connectivity index (χ2v) is 7.11. The zero-order valence-electron chi connectivity index (χ0n) is 13.9. The van der Waals surface area contributed by atoms with Crippen molar-refractivity contribution in [1.29, 1.82) is 0 Å². The van der Waals surface area contributed by atoms with Gasteiger partial charge in [-0.25, -0.2) is 4.79 Å². The van der Waals surface area contributed by atoms with Gasteiger partial charge in [-0.3, -0.25) is 0 Å². The molecule has 6 heteroatoms. The molecule has 3 rings (SSSR count). The minimum absolute atomic E-state index is 0.246. The quantitative estimate of drug-likeness (QED) is 0.615. The average Bonchev–Trinajstić information content (AvgIpc) is 2.79. The van der Waals surface area contributed by atoms with Crippen LogP contribution in [0.1, 0.15) is 31.9 Å². The standard InChI is InChI=1S/C19H17F3O3/c1-17(2,3)12-9-13(11-7-5-4-6-8-11)15-14(10-12)18(24,16(23)25-15)19(20,21)22/h4-10,24H,1-3H3/t18-/m1/s1. The Labute approximate surface area is 143 Å². The van der Waals surface area contributed by atoms with Crippen molar-refractivity contribution < 1.29 is 27.8 Å². The Morgan fingerprint density at radius 3 is 2.16 bits per heavy atom. The lowest BCUT2D eigenvalue weighted by molar-refractivity contribution is -0.258. The molecule has 0 saturated carbocycles. The summed E-state index contributed by atoms with van der Waals surface area (Å²) in [5, 5.41) is 10.2. The molecule has 1 aliphatic heterocycles. The van der Waals surface area contributed by atoms with Crippen molar-refractivity contribution in [3.05, 3.63) is 53.6 Å². The number of benzene rings is 2. The Morgan fingerprint density at radius 2 is 1.64 bits per heavy atom. The maximum Gasteiger partial charge on any atom is 0.432 e. The zero-order chi connectivity index (χ0) is 18.6. The van der Waals surface area contributed by atoms with Gasteiger partial charge in [0.2, 0.25) is 0 Å². The predicted molar refractivity (Wildman–Crippen MR) is 86.2 cm³/mol. The highest BCUT2D eigenvalue weighted by Gasteiger charge is 2.67. The molecule has 1 aliphatic rings. The number of alkyl halides is 3. The SMILES string of the molecule is CC(C)(C)c1cc(-c2ccccc2)c2c(c1)[C@](O)(C(F)(F)F)C(=O)O2. The van der Waals surface area contributed by atoms with Crippen LogP contribution in [0.2, 0.25) is 0 Å².